The molecule has 0 atom stereocenters. The van der Waals surface area contributed by atoms with Crippen LogP contribution in [0.25, 0.3) is 5.69 Å². The van der Waals surface area contributed by atoms with Crippen molar-refractivity contribution in [2.24, 2.45) is 0 Å². The molecule has 2 aromatic rings. The largest absolute Gasteiger partial charge is 0.347 e. The third-order valence-corrected chi connectivity index (χ3v) is 4.33. The van der Waals surface area contributed by atoms with Gasteiger partial charge in [0.05, 0.1) is 18.9 Å². The number of carbonyl (C=O) groups is 1. The zero-order valence-electron chi connectivity index (χ0n) is 12.6. The van der Waals surface area contributed by atoms with Crippen LogP contribution in [-0.4, -0.2) is 63.1 Å². The Kier molecular flexibility index (Phi) is 3.55. The van der Waals surface area contributed by atoms with E-state index in [0.29, 0.717) is 44.7 Å². The van der Waals surface area contributed by atoms with Gasteiger partial charge in [0.1, 0.15) is 6.33 Å². The molecule has 1 aromatic heterocycles. The maximum atomic E-state index is 12.7. The molecule has 2 saturated heterocycles. The fourth-order valence-corrected chi connectivity index (χ4v) is 3.08. The summed E-state index contributed by atoms with van der Waals surface area (Å²) in [5, 5.41) is 11.1. The maximum absolute atomic E-state index is 12.7. The topological polar surface area (TPSA) is 82.4 Å². The van der Waals surface area contributed by atoms with Crippen LogP contribution in [0.3, 0.4) is 0 Å². The van der Waals surface area contributed by atoms with Gasteiger partial charge in [-0.3, -0.25) is 4.79 Å². The number of hydrogen-bond donors (Lipinski definition) is 0. The van der Waals surface area contributed by atoms with E-state index in [-0.39, 0.29) is 5.91 Å². The Labute approximate surface area is 133 Å². The molecule has 0 aliphatic carbocycles. The van der Waals surface area contributed by atoms with Crippen molar-refractivity contribution >= 4 is 5.91 Å². The lowest BCUT2D eigenvalue weighted by Crippen LogP contribution is -2.47. The number of nitrogens with zero attached hydrogens (tertiary/aromatic N) is 5. The van der Waals surface area contributed by atoms with Crippen molar-refractivity contribution in [2.75, 3.05) is 26.3 Å². The monoisotopic (exact) mass is 315 g/mol. The van der Waals surface area contributed by atoms with E-state index in [4.69, 9.17) is 9.47 Å². The van der Waals surface area contributed by atoms with Crippen LogP contribution in [0.1, 0.15) is 23.2 Å². The average molecular weight is 315 g/mol. The molecule has 2 aliphatic heterocycles. The minimum absolute atomic E-state index is 0.00720. The van der Waals surface area contributed by atoms with Gasteiger partial charge in [0, 0.05) is 31.5 Å². The second kappa shape index (κ2) is 5.71. The first kappa shape index (κ1) is 14.3. The van der Waals surface area contributed by atoms with Crippen molar-refractivity contribution < 1.29 is 14.3 Å². The van der Waals surface area contributed by atoms with Crippen molar-refractivity contribution in [1.29, 1.82) is 0 Å². The first-order chi connectivity index (χ1) is 11.3. The molecule has 0 radical (unpaired) electrons. The van der Waals surface area contributed by atoms with Crippen LogP contribution in [0.4, 0.5) is 0 Å². The summed E-state index contributed by atoms with van der Waals surface area (Å²) in [6.07, 6.45) is 2.93. The maximum Gasteiger partial charge on any atom is 0.253 e. The molecule has 8 nitrogen and oxygen atoms in total. The third-order valence-electron chi connectivity index (χ3n) is 4.33. The molecule has 0 saturated carbocycles. The molecule has 23 heavy (non-hydrogen) atoms. The van der Waals surface area contributed by atoms with Crippen LogP contribution in [0.2, 0.25) is 0 Å². The Bertz CT molecular complexity index is 687. The molecule has 2 aliphatic rings. The number of aromatic nitrogens is 4. The highest BCUT2D eigenvalue weighted by Gasteiger charge is 2.40. The standard InChI is InChI=1S/C15H17N5O3/c21-14(19-6-4-15(5-7-19)22-8-9-23-15)12-2-1-3-13(10-12)20-11-16-17-18-20/h1-3,10-11H,4-9H2. The summed E-state index contributed by atoms with van der Waals surface area (Å²) in [6.45, 7) is 2.55. The van der Waals surface area contributed by atoms with E-state index >= 15 is 0 Å². The summed E-state index contributed by atoms with van der Waals surface area (Å²) < 4.78 is 12.9. The number of carbonyl (C=O) groups excluding carboxylic acids is 1. The van der Waals surface area contributed by atoms with E-state index in [1.807, 2.05) is 23.1 Å². The van der Waals surface area contributed by atoms with Crippen molar-refractivity contribution in [3.05, 3.63) is 36.2 Å². The average Bonchev–Trinajstić information content (AvgIpc) is 3.28. The minimum atomic E-state index is -0.467. The SMILES string of the molecule is O=C(c1cccc(-n2cnnn2)c1)N1CCC2(CC1)OCCO2. The van der Waals surface area contributed by atoms with E-state index in [0.717, 1.165) is 5.69 Å². The number of likely N-dealkylation sites (tertiary alicyclic amines) is 1. The van der Waals surface area contributed by atoms with Gasteiger partial charge in [0.15, 0.2) is 5.79 Å². The molecule has 0 bridgehead atoms. The molecule has 0 unspecified atom stereocenters. The summed E-state index contributed by atoms with van der Waals surface area (Å²) in [6, 6.07) is 7.30. The molecule has 0 N–H and O–H groups in total. The van der Waals surface area contributed by atoms with Crippen molar-refractivity contribution in [3.8, 4) is 5.69 Å². The van der Waals surface area contributed by atoms with Gasteiger partial charge < -0.3 is 14.4 Å². The summed E-state index contributed by atoms with van der Waals surface area (Å²) in [5.74, 6) is -0.460. The second-order valence-corrected chi connectivity index (χ2v) is 5.70. The smallest absolute Gasteiger partial charge is 0.253 e. The van der Waals surface area contributed by atoms with Crippen molar-refractivity contribution in [3.63, 3.8) is 0 Å². The molecule has 1 amide bonds. The second-order valence-electron chi connectivity index (χ2n) is 5.70. The van der Waals surface area contributed by atoms with Crippen LogP contribution < -0.4 is 0 Å². The number of benzene rings is 1. The zero-order chi connectivity index (χ0) is 15.7. The third kappa shape index (κ3) is 2.71. The van der Waals surface area contributed by atoms with Gasteiger partial charge in [0.2, 0.25) is 0 Å². The molecule has 4 rings (SSSR count). The van der Waals surface area contributed by atoms with Gasteiger partial charge in [0.25, 0.3) is 5.91 Å². The summed E-state index contributed by atoms with van der Waals surface area (Å²) in [7, 11) is 0. The highest BCUT2D eigenvalue weighted by Crippen LogP contribution is 2.31. The number of tetrazole rings is 1. The van der Waals surface area contributed by atoms with E-state index < -0.39 is 5.79 Å². The molecule has 120 valence electrons. The van der Waals surface area contributed by atoms with Crippen LogP contribution >= 0.6 is 0 Å². The van der Waals surface area contributed by atoms with Crippen molar-refractivity contribution in [1.82, 2.24) is 25.1 Å². The fraction of sp³-hybridized carbons (Fsp3) is 0.467. The fourth-order valence-electron chi connectivity index (χ4n) is 3.08. The predicted molar refractivity (Wildman–Crippen MR) is 78.9 cm³/mol. The van der Waals surface area contributed by atoms with Crippen LogP contribution in [-0.2, 0) is 9.47 Å². The lowest BCUT2D eigenvalue weighted by molar-refractivity contribution is -0.181. The number of piperidine rings is 1. The lowest BCUT2D eigenvalue weighted by atomic mass is 10.0. The van der Waals surface area contributed by atoms with Gasteiger partial charge in [-0.25, -0.2) is 4.68 Å². The molecule has 3 heterocycles. The van der Waals surface area contributed by atoms with Gasteiger partial charge in [-0.15, -0.1) is 5.10 Å². The van der Waals surface area contributed by atoms with Gasteiger partial charge >= 0.3 is 0 Å². The molecular weight excluding hydrogens is 298 g/mol. The Morgan fingerprint density at radius 2 is 1.96 bits per heavy atom. The van der Waals surface area contributed by atoms with E-state index in [1.165, 1.54) is 11.0 Å². The van der Waals surface area contributed by atoms with Gasteiger partial charge in [-0.1, -0.05) is 6.07 Å². The van der Waals surface area contributed by atoms with Gasteiger partial charge in [-0.05, 0) is 28.6 Å². The Morgan fingerprint density at radius 1 is 1.17 bits per heavy atom. The van der Waals surface area contributed by atoms with Crippen LogP contribution in [0, 0.1) is 0 Å². The summed E-state index contributed by atoms with van der Waals surface area (Å²) in [5.41, 5.74) is 1.39. The highest BCUT2D eigenvalue weighted by atomic mass is 16.7. The quantitative estimate of drug-likeness (QED) is 0.809. The lowest BCUT2D eigenvalue weighted by Gasteiger charge is -2.37. The van der Waals surface area contributed by atoms with E-state index in [2.05, 4.69) is 15.5 Å². The molecule has 1 spiro atoms. The first-order valence-electron chi connectivity index (χ1n) is 7.66. The number of rotatable bonds is 2. The van der Waals surface area contributed by atoms with Gasteiger partial charge in [-0.2, -0.15) is 0 Å². The summed E-state index contributed by atoms with van der Waals surface area (Å²) in [4.78, 5) is 14.6. The number of amides is 1. The molecule has 8 heteroatoms. The summed E-state index contributed by atoms with van der Waals surface area (Å²) >= 11 is 0. The number of ether oxygens (including phenoxy) is 2. The van der Waals surface area contributed by atoms with Crippen LogP contribution in [0.15, 0.2) is 30.6 Å². The number of hydrogen-bond acceptors (Lipinski definition) is 6. The highest BCUT2D eigenvalue weighted by molar-refractivity contribution is 5.94. The Hall–Kier alpha value is -2.32. The Balaban J connectivity index is 1.48. The minimum Gasteiger partial charge on any atom is -0.347 e. The Morgan fingerprint density at radius 3 is 2.65 bits per heavy atom. The normalized spacial score (nSPS) is 20.1. The first-order valence-corrected chi connectivity index (χ1v) is 7.66. The molecule has 1 aromatic carbocycles. The van der Waals surface area contributed by atoms with Crippen molar-refractivity contribution in [2.45, 2.75) is 18.6 Å². The van der Waals surface area contributed by atoms with Crippen LogP contribution in [0.5, 0.6) is 0 Å². The van der Waals surface area contributed by atoms with E-state index in [9.17, 15) is 4.79 Å². The zero-order valence-corrected chi connectivity index (χ0v) is 12.6. The van der Waals surface area contributed by atoms with E-state index in [1.54, 1.807) is 6.07 Å². The molecule has 2 fully saturated rings. The predicted octanol–water partition coefficient (Wildman–Crippen LogP) is 0.641. The molecular formula is C15H17N5O3.